The molecular formula is C12H12N2O2. The van der Waals surface area contributed by atoms with Gasteiger partial charge in [-0.25, -0.2) is 0 Å². The van der Waals surface area contributed by atoms with Crippen molar-refractivity contribution in [1.29, 1.82) is 0 Å². The van der Waals surface area contributed by atoms with E-state index >= 15 is 0 Å². The Morgan fingerprint density at radius 3 is 3.12 bits per heavy atom. The van der Waals surface area contributed by atoms with Gasteiger partial charge in [0.1, 0.15) is 11.4 Å². The third kappa shape index (κ3) is 1.69. The van der Waals surface area contributed by atoms with E-state index in [1.807, 2.05) is 0 Å². The molecule has 0 atom stereocenters. The number of carbonyl (C=O) groups is 1. The van der Waals surface area contributed by atoms with Crippen molar-refractivity contribution in [1.82, 2.24) is 4.90 Å². The van der Waals surface area contributed by atoms with Crippen LogP contribution in [0.4, 0.5) is 5.69 Å². The second-order valence-electron chi connectivity index (χ2n) is 3.48. The highest BCUT2D eigenvalue weighted by molar-refractivity contribution is 6.03. The quantitative estimate of drug-likeness (QED) is 0.765. The number of rotatable bonds is 2. The highest BCUT2D eigenvalue weighted by Gasteiger charge is 2.21. The lowest BCUT2D eigenvalue weighted by molar-refractivity contribution is 0.0799. The first-order valence-electron chi connectivity index (χ1n) is 4.98. The zero-order valence-corrected chi connectivity index (χ0v) is 8.76. The van der Waals surface area contributed by atoms with Crippen molar-refractivity contribution in [2.45, 2.75) is 0 Å². The maximum atomic E-state index is 12.1. The number of nitrogens with zero attached hydrogens (tertiary/aromatic N) is 2. The van der Waals surface area contributed by atoms with E-state index in [1.54, 1.807) is 29.3 Å². The zero-order valence-electron chi connectivity index (χ0n) is 8.76. The van der Waals surface area contributed by atoms with Crippen LogP contribution >= 0.6 is 0 Å². The van der Waals surface area contributed by atoms with E-state index in [9.17, 15) is 9.90 Å². The van der Waals surface area contributed by atoms with Crippen LogP contribution in [0.15, 0.2) is 35.8 Å². The van der Waals surface area contributed by atoms with Gasteiger partial charge in [-0.1, -0.05) is 12.1 Å². The number of phenols is 1. The minimum absolute atomic E-state index is 0.0301. The minimum Gasteiger partial charge on any atom is -0.506 e. The SMILES string of the molecule is C=CCN1CC=Nc2c(O)cccc2C1=O. The molecule has 0 saturated carbocycles. The monoisotopic (exact) mass is 216 g/mol. The van der Waals surface area contributed by atoms with Gasteiger partial charge in [-0.3, -0.25) is 9.79 Å². The van der Waals surface area contributed by atoms with E-state index in [0.717, 1.165) is 0 Å². The number of hydrogen-bond acceptors (Lipinski definition) is 3. The first kappa shape index (κ1) is 10.4. The Morgan fingerprint density at radius 2 is 2.38 bits per heavy atom. The number of aromatic hydroxyl groups is 1. The molecule has 4 heteroatoms. The number of amides is 1. The smallest absolute Gasteiger partial charge is 0.256 e. The predicted molar refractivity (Wildman–Crippen MR) is 62.4 cm³/mol. The van der Waals surface area contributed by atoms with Gasteiger partial charge < -0.3 is 10.0 Å². The van der Waals surface area contributed by atoms with Crippen LogP contribution in [0.5, 0.6) is 5.75 Å². The van der Waals surface area contributed by atoms with Gasteiger partial charge in [0.05, 0.1) is 12.1 Å². The molecule has 16 heavy (non-hydrogen) atoms. The van der Waals surface area contributed by atoms with Gasteiger partial charge in [-0.05, 0) is 12.1 Å². The Bertz CT molecular complexity index is 466. The molecule has 0 bridgehead atoms. The summed E-state index contributed by atoms with van der Waals surface area (Å²) in [6.45, 7) is 4.51. The summed E-state index contributed by atoms with van der Waals surface area (Å²) in [6.07, 6.45) is 3.28. The van der Waals surface area contributed by atoms with Crippen LogP contribution in [-0.4, -0.2) is 35.2 Å². The summed E-state index contributed by atoms with van der Waals surface area (Å²) in [5, 5.41) is 9.61. The second kappa shape index (κ2) is 4.18. The molecule has 1 aromatic rings. The highest BCUT2D eigenvalue weighted by atomic mass is 16.3. The summed E-state index contributed by atoms with van der Waals surface area (Å²) < 4.78 is 0. The van der Waals surface area contributed by atoms with Crippen molar-refractivity contribution < 1.29 is 9.90 Å². The molecule has 4 nitrogen and oxygen atoms in total. The summed E-state index contributed by atoms with van der Waals surface area (Å²) in [7, 11) is 0. The Kier molecular flexibility index (Phi) is 2.72. The summed E-state index contributed by atoms with van der Waals surface area (Å²) >= 11 is 0. The lowest BCUT2D eigenvalue weighted by atomic mass is 10.1. The van der Waals surface area contributed by atoms with Gasteiger partial charge in [0.15, 0.2) is 0 Å². The van der Waals surface area contributed by atoms with Crippen molar-refractivity contribution in [2.75, 3.05) is 13.1 Å². The number of carbonyl (C=O) groups excluding carboxylic acids is 1. The van der Waals surface area contributed by atoms with Crippen LogP contribution in [0.3, 0.4) is 0 Å². The number of benzene rings is 1. The summed E-state index contributed by atoms with van der Waals surface area (Å²) in [5.41, 5.74) is 0.773. The fraction of sp³-hybridized carbons (Fsp3) is 0.167. The van der Waals surface area contributed by atoms with E-state index in [2.05, 4.69) is 11.6 Å². The molecule has 0 aliphatic carbocycles. The molecule has 1 heterocycles. The molecule has 0 aromatic heterocycles. The van der Waals surface area contributed by atoms with E-state index < -0.39 is 0 Å². The van der Waals surface area contributed by atoms with E-state index in [0.29, 0.717) is 24.3 Å². The Hall–Kier alpha value is -2.10. The van der Waals surface area contributed by atoms with Crippen molar-refractivity contribution in [2.24, 2.45) is 4.99 Å². The maximum Gasteiger partial charge on any atom is 0.256 e. The lowest BCUT2D eigenvalue weighted by Gasteiger charge is -2.17. The summed E-state index contributed by atoms with van der Waals surface area (Å²) in [4.78, 5) is 17.8. The number of phenolic OH excluding ortho intramolecular Hbond substituents is 1. The van der Waals surface area contributed by atoms with E-state index in [4.69, 9.17) is 0 Å². The molecule has 1 N–H and O–H groups in total. The number of aliphatic imine (C=N–C) groups is 1. The van der Waals surface area contributed by atoms with Gasteiger partial charge in [0.2, 0.25) is 0 Å². The normalized spacial score (nSPS) is 14.5. The van der Waals surface area contributed by atoms with E-state index in [1.165, 1.54) is 6.07 Å². The zero-order chi connectivity index (χ0) is 11.5. The first-order chi connectivity index (χ1) is 7.74. The molecular weight excluding hydrogens is 204 g/mol. The Morgan fingerprint density at radius 1 is 1.56 bits per heavy atom. The van der Waals surface area contributed by atoms with E-state index in [-0.39, 0.29) is 11.7 Å². The van der Waals surface area contributed by atoms with Gasteiger partial charge in [0, 0.05) is 12.8 Å². The van der Waals surface area contributed by atoms with Crippen LogP contribution in [-0.2, 0) is 0 Å². The van der Waals surface area contributed by atoms with Crippen LogP contribution in [0.1, 0.15) is 10.4 Å². The van der Waals surface area contributed by atoms with Crippen LogP contribution in [0.25, 0.3) is 0 Å². The average Bonchev–Trinajstić information content (AvgIpc) is 2.43. The highest BCUT2D eigenvalue weighted by Crippen LogP contribution is 2.31. The van der Waals surface area contributed by atoms with Crippen LogP contribution < -0.4 is 0 Å². The number of para-hydroxylation sites is 1. The summed E-state index contributed by atoms with van der Waals surface area (Å²) in [6, 6.07) is 4.82. The van der Waals surface area contributed by atoms with Crippen molar-refractivity contribution in [3.63, 3.8) is 0 Å². The largest absolute Gasteiger partial charge is 0.506 e. The van der Waals surface area contributed by atoms with Crippen molar-refractivity contribution in [3.8, 4) is 5.75 Å². The minimum atomic E-state index is -0.136. The molecule has 1 aliphatic rings. The Labute approximate surface area is 93.5 Å². The van der Waals surface area contributed by atoms with Crippen molar-refractivity contribution in [3.05, 3.63) is 36.4 Å². The average molecular weight is 216 g/mol. The molecule has 1 aliphatic heterocycles. The second-order valence-corrected chi connectivity index (χ2v) is 3.48. The fourth-order valence-electron chi connectivity index (χ4n) is 1.64. The first-order valence-corrected chi connectivity index (χ1v) is 4.98. The molecule has 2 rings (SSSR count). The molecule has 1 amide bonds. The standard InChI is InChI=1S/C12H12N2O2/c1-2-7-14-8-6-13-11-9(12(14)16)4-3-5-10(11)15/h2-6,15H,1,7-8H2. The third-order valence-electron chi connectivity index (χ3n) is 2.40. The lowest BCUT2D eigenvalue weighted by Crippen LogP contribution is -2.31. The van der Waals surface area contributed by atoms with Crippen LogP contribution in [0.2, 0.25) is 0 Å². The molecule has 82 valence electrons. The van der Waals surface area contributed by atoms with Crippen molar-refractivity contribution >= 4 is 17.8 Å². The number of hydrogen-bond donors (Lipinski definition) is 1. The van der Waals surface area contributed by atoms with Gasteiger partial charge in [-0.2, -0.15) is 0 Å². The Balaban J connectivity index is 2.47. The molecule has 0 saturated heterocycles. The molecule has 0 radical (unpaired) electrons. The predicted octanol–water partition coefficient (Wildman–Crippen LogP) is 1.74. The fourth-order valence-corrected chi connectivity index (χ4v) is 1.64. The van der Waals surface area contributed by atoms with Gasteiger partial charge in [0.25, 0.3) is 5.91 Å². The molecule has 0 spiro atoms. The van der Waals surface area contributed by atoms with Crippen LogP contribution in [0, 0.1) is 0 Å². The van der Waals surface area contributed by atoms with Gasteiger partial charge in [-0.15, -0.1) is 6.58 Å². The maximum absolute atomic E-state index is 12.1. The van der Waals surface area contributed by atoms with Gasteiger partial charge >= 0.3 is 0 Å². The molecule has 0 unspecified atom stereocenters. The topological polar surface area (TPSA) is 52.9 Å². The molecule has 0 fully saturated rings. The summed E-state index contributed by atoms with van der Waals surface area (Å²) in [5.74, 6) is -0.106. The number of fused-ring (bicyclic) bond motifs is 1. The molecule has 1 aromatic carbocycles. The third-order valence-corrected chi connectivity index (χ3v) is 2.40.